The van der Waals surface area contributed by atoms with Gasteiger partial charge < -0.3 is 4.74 Å². The van der Waals surface area contributed by atoms with Crippen molar-refractivity contribution in [2.75, 3.05) is 5.33 Å². The van der Waals surface area contributed by atoms with Gasteiger partial charge in [-0.15, -0.1) is 13.2 Å². The van der Waals surface area contributed by atoms with Crippen molar-refractivity contribution in [3.05, 3.63) is 42.2 Å². The Morgan fingerprint density at radius 1 is 1.21 bits per heavy atom. The number of hydrogen-bond donors (Lipinski definition) is 0. The van der Waals surface area contributed by atoms with E-state index in [1.54, 1.807) is 10.9 Å². The molecule has 0 bridgehead atoms. The van der Waals surface area contributed by atoms with E-state index in [4.69, 9.17) is 0 Å². The molecule has 0 saturated carbocycles. The number of benzene rings is 1. The van der Waals surface area contributed by atoms with Crippen molar-refractivity contribution in [1.29, 1.82) is 0 Å². The molecule has 2 rings (SSSR count). The molecule has 19 heavy (non-hydrogen) atoms. The van der Waals surface area contributed by atoms with Crippen LogP contribution in [0.5, 0.6) is 5.75 Å². The summed E-state index contributed by atoms with van der Waals surface area (Å²) in [6, 6.07) is 5.56. The van der Waals surface area contributed by atoms with Crippen LogP contribution in [0.1, 0.15) is 5.56 Å². The molecule has 1 heterocycles. The van der Waals surface area contributed by atoms with Gasteiger partial charge in [0.1, 0.15) is 5.75 Å². The average molecular weight is 335 g/mol. The van der Waals surface area contributed by atoms with Crippen LogP contribution in [0.4, 0.5) is 13.2 Å². The van der Waals surface area contributed by atoms with Gasteiger partial charge in [0.2, 0.25) is 0 Å². The monoisotopic (exact) mass is 334 g/mol. The first-order valence-electron chi connectivity index (χ1n) is 5.43. The standard InChI is InChI=1S/C12H10BrF3N2O/c13-6-5-9-7-17-18(8-9)10-1-3-11(4-2-10)19-12(14,15)16/h1-4,7-8H,5-6H2. The molecule has 0 aliphatic carbocycles. The zero-order valence-corrected chi connectivity index (χ0v) is 11.3. The first-order valence-corrected chi connectivity index (χ1v) is 6.56. The summed E-state index contributed by atoms with van der Waals surface area (Å²) in [5.74, 6) is -0.246. The highest BCUT2D eigenvalue weighted by Crippen LogP contribution is 2.23. The molecule has 0 aliphatic rings. The summed E-state index contributed by atoms with van der Waals surface area (Å²) in [4.78, 5) is 0. The number of aromatic nitrogens is 2. The Hall–Kier alpha value is -1.50. The number of aryl methyl sites for hydroxylation is 1. The third-order valence-electron chi connectivity index (χ3n) is 2.35. The van der Waals surface area contributed by atoms with Crippen molar-refractivity contribution in [2.45, 2.75) is 12.8 Å². The largest absolute Gasteiger partial charge is 0.573 e. The lowest BCUT2D eigenvalue weighted by Crippen LogP contribution is -2.17. The second kappa shape index (κ2) is 5.64. The van der Waals surface area contributed by atoms with E-state index < -0.39 is 6.36 Å². The van der Waals surface area contributed by atoms with Crippen molar-refractivity contribution >= 4 is 15.9 Å². The molecule has 1 aromatic carbocycles. The Morgan fingerprint density at radius 3 is 2.47 bits per heavy atom. The van der Waals surface area contributed by atoms with Crippen LogP contribution in [-0.4, -0.2) is 21.5 Å². The van der Waals surface area contributed by atoms with Gasteiger partial charge in [-0.2, -0.15) is 5.10 Å². The van der Waals surface area contributed by atoms with Gasteiger partial charge in [-0.1, -0.05) is 15.9 Å². The van der Waals surface area contributed by atoms with E-state index in [0.29, 0.717) is 5.69 Å². The lowest BCUT2D eigenvalue weighted by atomic mass is 10.3. The zero-order valence-electron chi connectivity index (χ0n) is 9.69. The molecule has 0 aliphatic heterocycles. The normalized spacial score (nSPS) is 11.6. The predicted octanol–water partition coefficient (Wildman–Crippen LogP) is 3.71. The number of alkyl halides is 4. The molecule has 0 atom stereocenters. The summed E-state index contributed by atoms with van der Waals surface area (Å²) in [5, 5.41) is 4.97. The van der Waals surface area contributed by atoms with Crippen LogP contribution >= 0.6 is 15.9 Å². The van der Waals surface area contributed by atoms with Crippen molar-refractivity contribution in [2.24, 2.45) is 0 Å². The SMILES string of the molecule is FC(F)(F)Oc1ccc(-n2cc(CCBr)cn2)cc1. The van der Waals surface area contributed by atoms with Crippen LogP contribution < -0.4 is 4.74 Å². The lowest BCUT2D eigenvalue weighted by Gasteiger charge is -2.09. The first-order chi connectivity index (χ1) is 8.98. The fourth-order valence-corrected chi connectivity index (χ4v) is 2.00. The Morgan fingerprint density at radius 2 is 1.89 bits per heavy atom. The topological polar surface area (TPSA) is 27.1 Å². The molecular weight excluding hydrogens is 325 g/mol. The van der Waals surface area contributed by atoms with Gasteiger partial charge >= 0.3 is 6.36 Å². The number of ether oxygens (including phenoxy) is 1. The van der Waals surface area contributed by atoms with E-state index in [0.717, 1.165) is 17.3 Å². The van der Waals surface area contributed by atoms with E-state index in [2.05, 4.69) is 25.8 Å². The Kier molecular flexibility index (Phi) is 4.14. The van der Waals surface area contributed by atoms with Gasteiger partial charge in [-0.05, 0) is 36.2 Å². The third kappa shape index (κ3) is 3.99. The number of nitrogens with zero attached hydrogens (tertiary/aromatic N) is 2. The second-order valence-electron chi connectivity index (χ2n) is 3.77. The lowest BCUT2D eigenvalue weighted by molar-refractivity contribution is -0.274. The highest BCUT2D eigenvalue weighted by molar-refractivity contribution is 9.09. The quantitative estimate of drug-likeness (QED) is 0.797. The Balaban J connectivity index is 2.13. The molecule has 0 saturated heterocycles. The van der Waals surface area contributed by atoms with Crippen molar-refractivity contribution in [3.8, 4) is 11.4 Å². The minimum atomic E-state index is -4.67. The molecule has 3 nitrogen and oxygen atoms in total. The van der Waals surface area contributed by atoms with E-state index >= 15 is 0 Å². The van der Waals surface area contributed by atoms with Crippen LogP contribution in [0.25, 0.3) is 5.69 Å². The molecular formula is C12H10BrF3N2O. The molecule has 1 aromatic heterocycles. The smallest absolute Gasteiger partial charge is 0.406 e. The van der Waals surface area contributed by atoms with E-state index in [-0.39, 0.29) is 5.75 Å². The highest BCUT2D eigenvalue weighted by Gasteiger charge is 2.30. The van der Waals surface area contributed by atoms with Gasteiger partial charge in [0, 0.05) is 11.5 Å². The van der Waals surface area contributed by atoms with Crippen molar-refractivity contribution in [1.82, 2.24) is 9.78 Å². The van der Waals surface area contributed by atoms with Crippen molar-refractivity contribution in [3.63, 3.8) is 0 Å². The summed E-state index contributed by atoms with van der Waals surface area (Å²) in [6.07, 6.45) is -0.270. The molecule has 0 amide bonds. The van der Waals surface area contributed by atoms with Gasteiger partial charge in [0.05, 0.1) is 11.9 Å². The summed E-state index contributed by atoms with van der Waals surface area (Å²) in [7, 11) is 0. The van der Waals surface area contributed by atoms with Crippen molar-refractivity contribution < 1.29 is 17.9 Å². The van der Waals surface area contributed by atoms with E-state index in [9.17, 15) is 13.2 Å². The minimum Gasteiger partial charge on any atom is -0.406 e. The number of rotatable bonds is 4. The molecule has 2 aromatic rings. The Labute approximate surface area is 116 Å². The number of halogens is 4. The molecule has 102 valence electrons. The number of hydrogen-bond acceptors (Lipinski definition) is 2. The molecule has 7 heteroatoms. The second-order valence-corrected chi connectivity index (χ2v) is 4.57. The van der Waals surface area contributed by atoms with E-state index in [1.165, 1.54) is 24.3 Å². The van der Waals surface area contributed by atoms with Gasteiger partial charge in [-0.3, -0.25) is 0 Å². The molecule has 0 unspecified atom stereocenters. The van der Waals surface area contributed by atoms with Crippen LogP contribution in [0, 0.1) is 0 Å². The van der Waals surface area contributed by atoms with Crippen LogP contribution in [0.15, 0.2) is 36.7 Å². The fourth-order valence-electron chi connectivity index (χ4n) is 1.54. The zero-order chi connectivity index (χ0) is 13.9. The highest BCUT2D eigenvalue weighted by atomic mass is 79.9. The maximum Gasteiger partial charge on any atom is 0.573 e. The summed E-state index contributed by atoms with van der Waals surface area (Å²) in [5.41, 5.74) is 1.72. The molecule has 0 radical (unpaired) electrons. The molecule has 0 spiro atoms. The fraction of sp³-hybridized carbons (Fsp3) is 0.250. The maximum atomic E-state index is 12.0. The summed E-state index contributed by atoms with van der Waals surface area (Å²) in [6.45, 7) is 0. The molecule has 0 N–H and O–H groups in total. The van der Waals surface area contributed by atoms with Gasteiger partial charge in [0.15, 0.2) is 0 Å². The molecule has 0 fully saturated rings. The maximum absolute atomic E-state index is 12.0. The van der Waals surface area contributed by atoms with Gasteiger partial charge in [0.25, 0.3) is 0 Å². The minimum absolute atomic E-state index is 0.246. The van der Waals surface area contributed by atoms with E-state index in [1.807, 2.05) is 6.20 Å². The third-order valence-corrected chi connectivity index (χ3v) is 2.75. The summed E-state index contributed by atoms with van der Waals surface area (Å²) < 4.78 is 41.4. The van der Waals surface area contributed by atoms with Crippen LogP contribution in [0.2, 0.25) is 0 Å². The predicted molar refractivity (Wildman–Crippen MR) is 67.7 cm³/mol. The summed E-state index contributed by atoms with van der Waals surface area (Å²) >= 11 is 3.33. The first kappa shape index (κ1) is 13.9. The van der Waals surface area contributed by atoms with Gasteiger partial charge in [-0.25, -0.2) is 4.68 Å². The average Bonchev–Trinajstić information content (AvgIpc) is 2.77. The van der Waals surface area contributed by atoms with Crippen LogP contribution in [0.3, 0.4) is 0 Å². The Bertz CT molecular complexity index is 537. The van der Waals surface area contributed by atoms with Crippen LogP contribution in [-0.2, 0) is 6.42 Å².